The third-order valence-corrected chi connectivity index (χ3v) is 7.46. The highest BCUT2D eigenvalue weighted by Gasteiger charge is 2.16. The molecule has 1 aromatic carbocycles. The Kier molecular flexibility index (Phi) is 7.97. The van der Waals surface area contributed by atoms with E-state index in [-0.39, 0.29) is 12.3 Å². The molecule has 5 nitrogen and oxygen atoms in total. The van der Waals surface area contributed by atoms with Crippen molar-refractivity contribution in [3.05, 3.63) is 62.1 Å². The molecule has 1 aliphatic heterocycles. The third-order valence-electron chi connectivity index (χ3n) is 5.57. The minimum absolute atomic E-state index is 0.0304. The van der Waals surface area contributed by atoms with Crippen LogP contribution in [-0.2, 0) is 35.6 Å². The number of carbonyl (C=O) groups excluding carboxylic acids is 1. The van der Waals surface area contributed by atoms with Crippen LogP contribution in [0.15, 0.2) is 36.5 Å². The topological polar surface area (TPSA) is 46.5 Å². The summed E-state index contributed by atoms with van der Waals surface area (Å²) < 4.78 is 8.52. The zero-order valence-electron chi connectivity index (χ0n) is 18.2. The molecule has 3 heterocycles. The summed E-state index contributed by atoms with van der Waals surface area (Å²) in [6.07, 6.45) is 3.38. The summed E-state index contributed by atoms with van der Waals surface area (Å²) >= 11 is 13.6. The molecule has 8 heteroatoms. The lowest BCUT2D eigenvalue weighted by atomic mass is 10.1. The molecule has 0 saturated carbocycles. The van der Waals surface area contributed by atoms with E-state index >= 15 is 0 Å². The maximum absolute atomic E-state index is 12.7. The molecule has 1 saturated heterocycles. The Hall–Kier alpha value is -1.77. The Morgan fingerprint density at radius 2 is 2.00 bits per heavy atom. The van der Waals surface area contributed by atoms with Crippen molar-refractivity contribution >= 4 is 51.3 Å². The van der Waals surface area contributed by atoms with Gasteiger partial charge in [0.15, 0.2) is 0 Å². The number of morpholine rings is 1. The van der Waals surface area contributed by atoms with Crippen LogP contribution in [0.5, 0.6) is 0 Å². The van der Waals surface area contributed by atoms with E-state index in [0.717, 1.165) is 66.8 Å². The van der Waals surface area contributed by atoms with E-state index in [2.05, 4.69) is 34.0 Å². The van der Waals surface area contributed by atoms with Gasteiger partial charge in [-0.3, -0.25) is 9.69 Å². The van der Waals surface area contributed by atoms with Crippen LogP contribution in [0.2, 0.25) is 5.02 Å². The minimum Gasteiger partial charge on any atom is -0.379 e. The summed E-state index contributed by atoms with van der Waals surface area (Å²) in [5.74, 6) is -0.0304. The number of hydrogen-bond donors (Lipinski definition) is 1. The summed E-state index contributed by atoms with van der Waals surface area (Å²) in [7, 11) is 0. The number of fused-ring (bicyclic) bond motifs is 1. The zero-order chi connectivity index (χ0) is 22.5. The number of aryl methyl sites for hydroxylation is 1. The largest absolute Gasteiger partial charge is 0.379 e. The monoisotopic (exact) mass is 489 g/mol. The van der Waals surface area contributed by atoms with Gasteiger partial charge in [0.05, 0.1) is 24.1 Å². The molecule has 1 aliphatic rings. The van der Waals surface area contributed by atoms with Crippen molar-refractivity contribution < 1.29 is 9.53 Å². The van der Waals surface area contributed by atoms with Gasteiger partial charge in [0.25, 0.3) is 0 Å². The second-order valence-electron chi connectivity index (χ2n) is 8.08. The number of thiophene rings is 1. The molecular weight excluding hydrogens is 462 g/mol. The average Bonchev–Trinajstić information content (AvgIpc) is 3.22. The second-order valence-corrected chi connectivity index (χ2v) is 10.0. The summed E-state index contributed by atoms with van der Waals surface area (Å²) in [6, 6.07) is 9.72. The van der Waals surface area contributed by atoms with E-state index in [9.17, 15) is 4.79 Å². The number of pyridine rings is 1. The fourth-order valence-corrected chi connectivity index (χ4v) is 5.59. The van der Waals surface area contributed by atoms with Crippen LogP contribution in [0.3, 0.4) is 0 Å². The van der Waals surface area contributed by atoms with Crippen molar-refractivity contribution in [2.24, 2.45) is 0 Å². The molecule has 0 unspecified atom stereocenters. The number of hydrogen-bond acceptors (Lipinski definition) is 5. The Morgan fingerprint density at radius 1 is 1.25 bits per heavy atom. The molecule has 2 aromatic heterocycles. The van der Waals surface area contributed by atoms with Crippen LogP contribution in [0.1, 0.15) is 29.3 Å². The number of ether oxygens (including phenoxy) is 1. The predicted octanol–water partition coefficient (Wildman–Crippen LogP) is 5.19. The van der Waals surface area contributed by atoms with Gasteiger partial charge in [-0.1, -0.05) is 42.9 Å². The van der Waals surface area contributed by atoms with Gasteiger partial charge in [-0.15, -0.1) is 11.3 Å². The molecule has 170 valence electrons. The van der Waals surface area contributed by atoms with Crippen molar-refractivity contribution in [3.8, 4) is 0 Å². The van der Waals surface area contributed by atoms with E-state index < -0.39 is 0 Å². The van der Waals surface area contributed by atoms with Crippen molar-refractivity contribution in [1.82, 2.24) is 14.8 Å². The number of nitrogens with zero attached hydrogens (tertiary/aromatic N) is 2. The van der Waals surface area contributed by atoms with Gasteiger partial charge in [0.2, 0.25) is 5.91 Å². The van der Waals surface area contributed by atoms with Crippen LogP contribution in [0, 0.1) is 4.51 Å². The molecule has 1 fully saturated rings. The number of carbonyl (C=O) groups is 1. The number of benzene rings is 1. The number of nitrogens with one attached hydrogen (secondary N) is 1. The van der Waals surface area contributed by atoms with E-state index in [0.29, 0.717) is 11.6 Å². The van der Waals surface area contributed by atoms with Crippen LogP contribution in [-0.4, -0.2) is 41.7 Å². The van der Waals surface area contributed by atoms with Crippen LogP contribution in [0.4, 0.5) is 0 Å². The number of halogens is 1. The Labute approximate surface area is 202 Å². The van der Waals surface area contributed by atoms with Gasteiger partial charge in [-0.2, -0.15) is 0 Å². The molecule has 0 spiro atoms. The van der Waals surface area contributed by atoms with Crippen molar-refractivity contribution in [1.29, 1.82) is 0 Å². The van der Waals surface area contributed by atoms with Gasteiger partial charge >= 0.3 is 0 Å². The first-order valence-corrected chi connectivity index (χ1v) is 12.6. The van der Waals surface area contributed by atoms with Crippen LogP contribution >= 0.6 is 35.2 Å². The van der Waals surface area contributed by atoms with E-state index in [1.807, 2.05) is 35.6 Å². The highest BCUT2D eigenvalue weighted by molar-refractivity contribution is 7.71. The highest BCUT2D eigenvalue weighted by Crippen LogP contribution is 2.30. The lowest BCUT2D eigenvalue weighted by molar-refractivity contribution is -0.120. The van der Waals surface area contributed by atoms with Gasteiger partial charge in [-0.25, -0.2) is 0 Å². The van der Waals surface area contributed by atoms with E-state index in [4.69, 9.17) is 28.6 Å². The normalized spacial score (nSPS) is 14.7. The third kappa shape index (κ3) is 5.77. The quantitative estimate of drug-likeness (QED) is 0.442. The van der Waals surface area contributed by atoms with Gasteiger partial charge in [0, 0.05) is 54.2 Å². The summed E-state index contributed by atoms with van der Waals surface area (Å²) in [5.41, 5.74) is 1.92. The molecule has 0 atom stereocenters. The van der Waals surface area contributed by atoms with Crippen LogP contribution < -0.4 is 5.32 Å². The van der Waals surface area contributed by atoms with E-state index in [1.165, 1.54) is 9.71 Å². The first-order valence-electron chi connectivity index (χ1n) is 11.0. The predicted molar refractivity (Wildman–Crippen MR) is 134 cm³/mol. The first kappa shape index (κ1) is 23.4. The zero-order valence-corrected chi connectivity index (χ0v) is 20.6. The van der Waals surface area contributed by atoms with Crippen molar-refractivity contribution in [3.63, 3.8) is 0 Å². The summed E-state index contributed by atoms with van der Waals surface area (Å²) in [4.78, 5) is 17.6. The Balaban J connectivity index is 1.52. The molecular formula is C24H28ClN3O2S2. The summed E-state index contributed by atoms with van der Waals surface area (Å²) in [5, 5.41) is 4.78. The fraction of sp³-hybridized carbons (Fsp3) is 0.417. The van der Waals surface area contributed by atoms with Gasteiger partial charge in [-0.05, 0) is 35.7 Å². The molecule has 1 amide bonds. The average molecular weight is 490 g/mol. The lowest BCUT2D eigenvalue weighted by Crippen LogP contribution is -2.35. The second kappa shape index (κ2) is 10.9. The fourth-order valence-electron chi connectivity index (χ4n) is 3.91. The smallest absolute Gasteiger partial charge is 0.224 e. The van der Waals surface area contributed by atoms with Gasteiger partial charge < -0.3 is 14.6 Å². The van der Waals surface area contributed by atoms with E-state index in [1.54, 1.807) is 0 Å². The molecule has 0 aliphatic carbocycles. The van der Waals surface area contributed by atoms with Crippen molar-refractivity contribution in [2.45, 2.75) is 39.4 Å². The van der Waals surface area contributed by atoms with Crippen molar-refractivity contribution in [2.75, 3.05) is 26.3 Å². The maximum atomic E-state index is 12.7. The molecule has 4 rings (SSSR count). The molecule has 0 bridgehead atoms. The molecule has 3 aromatic rings. The molecule has 32 heavy (non-hydrogen) atoms. The van der Waals surface area contributed by atoms with Crippen LogP contribution in [0.25, 0.3) is 10.2 Å². The first-order chi connectivity index (χ1) is 15.5. The molecule has 1 N–H and O–H groups in total. The maximum Gasteiger partial charge on any atom is 0.224 e. The highest BCUT2D eigenvalue weighted by atomic mass is 35.5. The minimum atomic E-state index is -0.0304. The molecule has 0 radical (unpaired) electrons. The summed E-state index contributed by atoms with van der Waals surface area (Å²) in [6.45, 7) is 7.98. The Bertz CT molecular complexity index is 1130. The SMILES string of the molecule is CCCn1cc(CC(=O)NCc2ccc(Cl)cc2)c(=S)c2cc(CN3CCOCC3)sc21. The Morgan fingerprint density at radius 3 is 2.72 bits per heavy atom. The van der Waals surface area contributed by atoms with Gasteiger partial charge in [0.1, 0.15) is 4.83 Å². The standard InChI is InChI=1S/C24H28ClN3O2S2/c1-2-7-28-15-18(12-22(29)26-14-17-3-5-19(25)6-4-17)23(31)21-13-20(32-24(21)28)16-27-8-10-30-11-9-27/h3-6,13,15H,2,7-12,14,16H2,1H3,(H,26,29). The number of aromatic nitrogens is 1. The lowest BCUT2D eigenvalue weighted by Gasteiger charge is -2.25. The number of rotatable bonds is 8. The number of amides is 1.